The number of rotatable bonds is 8. The van der Waals surface area contributed by atoms with E-state index in [9.17, 15) is 4.79 Å². The molecule has 4 aromatic rings. The number of hydrogen-bond donors (Lipinski definition) is 1. The molecule has 4 rings (SSSR count). The first-order valence-corrected chi connectivity index (χ1v) is 10.9. The van der Waals surface area contributed by atoms with Crippen molar-refractivity contribution in [2.75, 3.05) is 18.2 Å². The van der Waals surface area contributed by atoms with E-state index >= 15 is 0 Å². The molecule has 156 valence electrons. The van der Waals surface area contributed by atoms with Crippen molar-refractivity contribution in [3.05, 3.63) is 84.9 Å². The Kier molecular flexibility index (Phi) is 6.64. The zero-order valence-electron chi connectivity index (χ0n) is 17.1. The van der Waals surface area contributed by atoms with Gasteiger partial charge in [-0.05, 0) is 36.4 Å². The Morgan fingerprint density at radius 3 is 2.45 bits per heavy atom. The lowest BCUT2D eigenvalue weighted by molar-refractivity contribution is -0.115. The number of carbonyl (C=O) groups excluding carboxylic acids is 1. The molecular formula is C24H22N4O2S. The quantitative estimate of drug-likeness (QED) is 0.396. The van der Waals surface area contributed by atoms with Crippen LogP contribution in [0.25, 0.3) is 17.1 Å². The van der Waals surface area contributed by atoms with E-state index in [0.717, 1.165) is 33.7 Å². The van der Waals surface area contributed by atoms with Crippen molar-refractivity contribution in [1.82, 2.24) is 14.8 Å². The van der Waals surface area contributed by atoms with Crippen LogP contribution in [0.4, 0.5) is 5.69 Å². The Labute approximate surface area is 185 Å². The SMILES string of the molecule is COc1cccc(-c2nnc(SCCC(=O)Nc3ccccc3)n2-c2ccccc2)c1. The van der Waals surface area contributed by atoms with E-state index in [2.05, 4.69) is 15.5 Å². The zero-order valence-corrected chi connectivity index (χ0v) is 17.9. The summed E-state index contributed by atoms with van der Waals surface area (Å²) in [6.45, 7) is 0. The van der Waals surface area contributed by atoms with Crippen LogP contribution < -0.4 is 10.1 Å². The van der Waals surface area contributed by atoms with Crippen molar-refractivity contribution in [3.63, 3.8) is 0 Å². The fourth-order valence-electron chi connectivity index (χ4n) is 3.10. The normalized spacial score (nSPS) is 10.6. The predicted molar refractivity (Wildman–Crippen MR) is 124 cm³/mol. The van der Waals surface area contributed by atoms with Crippen molar-refractivity contribution in [1.29, 1.82) is 0 Å². The number of hydrogen-bond acceptors (Lipinski definition) is 5. The summed E-state index contributed by atoms with van der Waals surface area (Å²) in [5.41, 5.74) is 2.66. The van der Waals surface area contributed by atoms with E-state index in [0.29, 0.717) is 12.2 Å². The first-order chi connectivity index (χ1) is 15.2. The van der Waals surface area contributed by atoms with Crippen molar-refractivity contribution >= 4 is 23.4 Å². The van der Waals surface area contributed by atoms with Crippen LogP contribution in [-0.2, 0) is 4.79 Å². The maximum atomic E-state index is 12.3. The van der Waals surface area contributed by atoms with Gasteiger partial charge < -0.3 is 10.1 Å². The first kappa shape index (κ1) is 20.7. The summed E-state index contributed by atoms with van der Waals surface area (Å²) >= 11 is 1.50. The molecular weight excluding hydrogens is 408 g/mol. The molecule has 0 aliphatic rings. The van der Waals surface area contributed by atoms with E-state index < -0.39 is 0 Å². The smallest absolute Gasteiger partial charge is 0.225 e. The number of carbonyl (C=O) groups is 1. The summed E-state index contributed by atoms with van der Waals surface area (Å²) < 4.78 is 7.37. The number of ether oxygens (including phenoxy) is 1. The van der Waals surface area contributed by atoms with E-state index in [4.69, 9.17) is 4.74 Å². The molecule has 0 bridgehead atoms. The van der Waals surface area contributed by atoms with Crippen molar-refractivity contribution in [3.8, 4) is 22.8 Å². The minimum atomic E-state index is -0.0301. The summed E-state index contributed by atoms with van der Waals surface area (Å²) in [6, 6.07) is 27.2. The van der Waals surface area contributed by atoms with Gasteiger partial charge in [0.15, 0.2) is 11.0 Å². The molecule has 0 unspecified atom stereocenters. The molecule has 6 nitrogen and oxygen atoms in total. The minimum Gasteiger partial charge on any atom is -0.497 e. The Morgan fingerprint density at radius 1 is 0.968 bits per heavy atom. The number of anilines is 1. The topological polar surface area (TPSA) is 69.0 Å². The molecule has 3 aromatic carbocycles. The zero-order chi connectivity index (χ0) is 21.5. The Hall–Kier alpha value is -3.58. The van der Waals surface area contributed by atoms with Crippen LogP contribution in [0.3, 0.4) is 0 Å². The number of para-hydroxylation sites is 2. The molecule has 0 saturated carbocycles. The Bertz CT molecular complexity index is 1150. The lowest BCUT2D eigenvalue weighted by atomic mass is 10.2. The molecule has 7 heteroatoms. The van der Waals surface area contributed by atoms with Gasteiger partial charge in [-0.1, -0.05) is 60.3 Å². The largest absolute Gasteiger partial charge is 0.497 e. The molecule has 0 radical (unpaired) electrons. The lowest BCUT2D eigenvalue weighted by Crippen LogP contribution is -2.12. The van der Waals surface area contributed by atoms with Crippen LogP contribution in [0.1, 0.15) is 6.42 Å². The van der Waals surface area contributed by atoms with Crippen molar-refractivity contribution < 1.29 is 9.53 Å². The Morgan fingerprint density at radius 2 is 1.71 bits per heavy atom. The maximum Gasteiger partial charge on any atom is 0.225 e. The molecule has 0 aliphatic heterocycles. The number of nitrogens with one attached hydrogen (secondary N) is 1. The summed E-state index contributed by atoms with van der Waals surface area (Å²) in [6.07, 6.45) is 0.371. The van der Waals surface area contributed by atoms with Crippen LogP contribution in [0.5, 0.6) is 5.75 Å². The second-order valence-corrected chi connectivity index (χ2v) is 7.78. The number of amides is 1. The van der Waals surface area contributed by atoms with Gasteiger partial charge in [0.1, 0.15) is 5.75 Å². The van der Waals surface area contributed by atoms with Crippen molar-refractivity contribution in [2.24, 2.45) is 0 Å². The summed E-state index contributed by atoms with van der Waals surface area (Å²) in [7, 11) is 1.64. The van der Waals surface area contributed by atoms with Gasteiger partial charge >= 0.3 is 0 Å². The Balaban J connectivity index is 1.53. The van der Waals surface area contributed by atoms with Gasteiger partial charge in [0.25, 0.3) is 0 Å². The third kappa shape index (κ3) is 5.13. The molecule has 1 N–H and O–H groups in total. The monoisotopic (exact) mass is 430 g/mol. The molecule has 0 atom stereocenters. The van der Waals surface area contributed by atoms with E-state index in [1.165, 1.54) is 11.8 Å². The number of aromatic nitrogens is 3. The van der Waals surface area contributed by atoms with Gasteiger partial charge in [0.05, 0.1) is 7.11 Å². The average molecular weight is 431 g/mol. The molecule has 0 fully saturated rings. The summed E-state index contributed by atoms with van der Waals surface area (Å²) in [5.74, 6) is 2.03. The van der Waals surface area contributed by atoms with Gasteiger partial charge in [-0.3, -0.25) is 9.36 Å². The third-order valence-electron chi connectivity index (χ3n) is 4.59. The number of nitrogens with zero attached hydrogens (tertiary/aromatic N) is 3. The standard InChI is InChI=1S/C24H22N4O2S/c1-30-21-14-8-9-18(17-21)23-26-27-24(28(23)20-12-6-3-7-13-20)31-16-15-22(29)25-19-10-4-2-5-11-19/h2-14,17H,15-16H2,1H3,(H,25,29). The van der Waals surface area contributed by atoms with Crippen molar-refractivity contribution in [2.45, 2.75) is 11.6 Å². The van der Waals surface area contributed by atoms with Gasteiger partial charge in [0, 0.05) is 29.1 Å². The molecule has 0 saturated heterocycles. The van der Waals surface area contributed by atoms with Crippen LogP contribution >= 0.6 is 11.8 Å². The van der Waals surface area contributed by atoms with Gasteiger partial charge in [0.2, 0.25) is 5.91 Å². The van der Waals surface area contributed by atoms with Crippen LogP contribution in [0.2, 0.25) is 0 Å². The molecule has 1 aromatic heterocycles. The fourth-order valence-corrected chi connectivity index (χ4v) is 3.99. The van der Waals surface area contributed by atoms with E-state index in [-0.39, 0.29) is 5.91 Å². The fraction of sp³-hybridized carbons (Fsp3) is 0.125. The average Bonchev–Trinajstić information content (AvgIpc) is 3.24. The predicted octanol–water partition coefficient (Wildman–Crippen LogP) is 5.06. The molecule has 0 spiro atoms. The van der Waals surface area contributed by atoms with Crippen LogP contribution in [0, 0.1) is 0 Å². The number of thioether (sulfide) groups is 1. The highest BCUT2D eigenvalue weighted by Gasteiger charge is 2.17. The highest BCUT2D eigenvalue weighted by atomic mass is 32.2. The van der Waals surface area contributed by atoms with Crippen LogP contribution in [-0.4, -0.2) is 33.5 Å². The molecule has 31 heavy (non-hydrogen) atoms. The van der Waals surface area contributed by atoms with Gasteiger partial charge in [-0.15, -0.1) is 10.2 Å². The number of methoxy groups -OCH3 is 1. The first-order valence-electron chi connectivity index (χ1n) is 9.87. The van der Waals surface area contributed by atoms with Gasteiger partial charge in [-0.25, -0.2) is 0 Å². The third-order valence-corrected chi connectivity index (χ3v) is 5.52. The van der Waals surface area contributed by atoms with Crippen LogP contribution in [0.15, 0.2) is 90.1 Å². The highest BCUT2D eigenvalue weighted by molar-refractivity contribution is 7.99. The second kappa shape index (κ2) is 9.95. The lowest BCUT2D eigenvalue weighted by Gasteiger charge is -2.11. The molecule has 1 heterocycles. The van der Waals surface area contributed by atoms with Gasteiger partial charge in [-0.2, -0.15) is 0 Å². The minimum absolute atomic E-state index is 0.0301. The van der Waals surface area contributed by atoms with E-state index in [1.54, 1.807) is 7.11 Å². The summed E-state index contributed by atoms with van der Waals surface area (Å²) in [4.78, 5) is 12.3. The second-order valence-electron chi connectivity index (χ2n) is 6.72. The summed E-state index contributed by atoms with van der Waals surface area (Å²) in [5, 5.41) is 12.5. The molecule has 0 aliphatic carbocycles. The maximum absolute atomic E-state index is 12.3. The number of benzene rings is 3. The molecule has 1 amide bonds. The highest BCUT2D eigenvalue weighted by Crippen LogP contribution is 2.30. The van der Waals surface area contributed by atoms with E-state index in [1.807, 2.05) is 89.5 Å².